The molecule has 0 saturated carbocycles. The van der Waals surface area contributed by atoms with Crippen LogP contribution in [0.2, 0.25) is 0 Å². The molecule has 0 fully saturated rings. The first kappa shape index (κ1) is 19.8. The van der Waals surface area contributed by atoms with Gasteiger partial charge in [-0.3, -0.25) is 4.79 Å². The van der Waals surface area contributed by atoms with E-state index in [-0.39, 0.29) is 17.5 Å². The fourth-order valence-electron chi connectivity index (χ4n) is 3.08. The highest BCUT2D eigenvalue weighted by molar-refractivity contribution is 5.87. The first-order valence-corrected chi connectivity index (χ1v) is 8.69. The van der Waals surface area contributed by atoms with E-state index in [0.29, 0.717) is 24.3 Å². The number of hydrogen-bond donors (Lipinski definition) is 3. The van der Waals surface area contributed by atoms with Crippen LogP contribution in [0.25, 0.3) is 0 Å². The Morgan fingerprint density at radius 3 is 2.50 bits per heavy atom. The number of fused-ring (bicyclic) bond motifs is 1. The zero-order valence-electron chi connectivity index (χ0n) is 14.8. The zero-order valence-corrected chi connectivity index (χ0v) is 14.8. The standard InChI is InChI=1S/C20H19F2NO5/c21-18(22)13-6-4-11(5-7-13)10-15(20(26)27)23-19(25)16(24)14-3-1-2-12-8-9-28-17(12)14/h1-7,15-16,18,24H,8-10H2,(H,23,25)(H,26,27). The van der Waals surface area contributed by atoms with E-state index in [4.69, 9.17) is 4.74 Å². The minimum atomic E-state index is -2.62. The Kier molecular flexibility index (Phi) is 5.89. The fourth-order valence-corrected chi connectivity index (χ4v) is 3.08. The number of halogens is 2. The molecule has 1 heterocycles. The van der Waals surface area contributed by atoms with Gasteiger partial charge in [-0.15, -0.1) is 0 Å². The predicted octanol–water partition coefficient (Wildman–Crippen LogP) is 2.40. The van der Waals surface area contributed by atoms with E-state index in [1.54, 1.807) is 12.1 Å². The molecule has 3 N–H and O–H groups in total. The first-order valence-electron chi connectivity index (χ1n) is 8.69. The number of carbonyl (C=O) groups excluding carboxylic acids is 1. The quantitative estimate of drug-likeness (QED) is 0.674. The number of amides is 1. The van der Waals surface area contributed by atoms with Crippen molar-refractivity contribution in [3.8, 4) is 5.75 Å². The molecule has 2 aromatic carbocycles. The van der Waals surface area contributed by atoms with E-state index in [1.165, 1.54) is 24.3 Å². The molecule has 0 aliphatic carbocycles. The summed E-state index contributed by atoms with van der Waals surface area (Å²) in [6.07, 6.45) is -3.64. The van der Waals surface area contributed by atoms with Crippen LogP contribution in [0.3, 0.4) is 0 Å². The van der Waals surface area contributed by atoms with Crippen LogP contribution in [0.1, 0.15) is 34.8 Å². The molecular formula is C20H19F2NO5. The number of aliphatic carboxylic acids is 1. The van der Waals surface area contributed by atoms with Crippen LogP contribution in [0.15, 0.2) is 42.5 Å². The molecule has 0 saturated heterocycles. The largest absolute Gasteiger partial charge is 0.493 e. The SMILES string of the molecule is O=C(O)C(Cc1ccc(C(F)F)cc1)NC(=O)C(O)c1cccc2c1OCC2. The Labute approximate surface area is 159 Å². The lowest BCUT2D eigenvalue weighted by Gasteiger charge is -2.19. The zero-order chi connectivity index (χ0) is 20.3. The maximum atomic E-state index is 12.6. The van der Waals surface area contributed by atoms with E-state index in [0.717, 1.165) is 5.56 Å². The second kappa shape index (κ2) is 8.35. The number of carbonyl (C=O) groups is 2. The van der Waals surface area contributed by atoms with Gasteiger partial charge in [-0.05, 0) is 11.1 Å². The summed E-state index contributed by atoms with van der Waals surface area (Å²) in [4.78, 5) is 23.9. The van der Waals surface area contributed by atoms with Crippen LogP contribution in [-0.2, 0) is 22.4 Å². The number of aliphatic hydroxyl groups excluding tert-OH is 1. The van der Waals surface area contributed by atoms with Crippen LogP contribution >= 0.6 is 0 Å². The minimum Gasteiger partial charge on any atom is -0.493 e. The fraction of sp³-hybridized carbons (Fsp3) is 0.300. The molecule has 148 valence electrons. The Bertz CT molecular complexity index is 869. The molecule has 3 rings (SSSR count). The lowest BCUT2D eigenvalue weighted by Crippen LogP contribution is -2.44. The third kappa shape index (κ3) is 4.28. The second-order valence-corrected chi connectivity index (χ2v) is 6.48. The molecule has 0 radical (unpaired) electrons. The highest BCUT2D eigenvalue weighted by Gasteiger charge is 2.29. The van der Waals surface area contributed by atoms with Crippen molar-refractivity contribution in [3.05, 3.63) is 64.7 Å². The van der Waals surface area contributed by atoms with Gasteiger partial charge in [-0.25, -0.2) is 13.6 Å². The van der Waals surface area contributed by atoms with Crippen molar-refractivity contribution in [2.45, 2.75) is 31.4 Å². The van der Waals surface area contributed by atoms with Crippen LogP contribution in [0.4, 0.5) is 8.78 Å². The molecule has 2 atom stereocenters. The van der Waals surface area contributed by atoms with Crippen molar-refractivity contribution in [1.29, 1.82) is 0 Å². The molecule has 2 unspecified atom stereocenters. The molecule has 8 heteroatoms. The molecule has 28 heavy (non-hydrogen) atoms. The van der Waals surface area contributed by atoms with Crippen molar-refractivity contribution in [2.24, 2.45) is 0 Å². The molecule has 2 aromatic rings. The Hall–Kier alpha value is -3.00. The Morgan fingerprint density at radius 2 is 1.86 bits per heavy atom. The normalized spacial score (nSPS) is 14.9. The number of rotatable bonds is 7. The van der Waals surface area contributed by atoms with Crippen molar-refractivity contribution < 1.29 is 33.3 Å². The van der Waals surface area contributed by atoms with Gasteiger partial charge in [0, 0.05) is 24.0 Å². The molecule has 6 nitrogen and oxygen atoms in total. The predicted molar refractivity (Wildman–Crippen MR) is 95.3 cm³/mol. The molecule has 0 spiro atoms. The molecule has 0 bridgehead atoms. The van der Waals surface area contributed by atoms with Gasteiger partial charge in [0.1, 0.15) is 11.8 Å². The maximum Gasteiger partial charge on any atom is 0.326 e. The number of benzene rings is 2. The first-order chi connectivity index (χ1) is 13.4. The number of alkyl halides is 2. The third-order valence-electron chi connectivity index (χ3n) is 4.57. The van der Waals surface area contributed by atoms with E-state index in [2.05, 4.69) is 5.32 Å². The van der Waals surface area contributed by atoms with Crippen molar-refractivity contribution in [2.75, 3.05) is 6.61 Å². The average Bonchev–Trinajstić information content (AvgIpc) is 3.16. The highest BCUT2D eigenvalue weighted by Crippen LogP contribution is 2.33. The molecular weight excluding hydrogens is 372 g/mol. The van der Waals surface area contributed by atoms with E-state index >= 15 is 0 Å². The van der Waals surface area contributed by atoms with Gasteiger partial charge >= 0.3 is 5.97 Å². The number of hydrogen-bond acceptors (Lipinski definition) is 4. The Balaban J connectivity index is 1.71. The summed E-state index contributed by atoms with van der Waals surface area (Å²) < 4.78 is 30.7. The van der Waals surface area contributed by atoms with Crippen molar-refractivity contribution >= 4 is 11.9 Å². The highest BCUT2D eigenvalue weighted by atomic mass is 19.3. The smallest absolute Gasteiger partial charge is 0.326 e. The van der Waals surface area contributed by atoms with E-state index < -0.39 is 30.4 Å². The average molecular weight is 391 g/mol. The topological polar surface area (TPSA) is 95.9 Å². The van der Waals surface area contributed by atoms with Gasteiger partial charge in [0.2, 0.25) is 0 Å². The van der Waals surface area contributed by atoms with Crippen molar-refractivity contribution in [1.82, 2.24) is 5.32 Å². The van der Waals surface area contributed by atoms with Crippen LogP contribution in [0.5, 0.6) is 5.75 Å². The third-order valence-corrected chi connectivity index (χ3v) is 4.57. The van der Waals surface area contributed by atoms with Gasteiger partial charge in [0.05, 0.1) is 6.61 Å². The van der Waals surface area contributed by atoms with Gasteiger partial charge in [0.15, 0.2) is 6.10 Å². The van der Waals surface area contributed by atoms with Gasteiger partial charge < -0.3 is 20.3 Å². The molecule has 1 amide bonds. The number of aliphatic hydroxyl groups is 1. The number of carboxylic acid groups (broad SMARTS) is 1. The summed E-state index contributed by atoms with van der Waals surface area (Å²) in [5.41, 5.74) is 1.44. The second-order valence-electron chi connectivity index (χ2n) is 6.48. The van der Waals surface area contributed by atoms with Gasteiger partial charge in [-0.2, -0.15) is 0 Å². The van der Waals surface area contributed by atoms with E-state index in [1.807, 2.05) is 6.07 Å². The van der Waals surface area contributed by atoms with Gasteiger partial charge in [0.25, 0.3) is 12.3 Å². The number of nitrogens with one attached hydrogen (secondary N) is 1. The van der Waals surface area contributed by atoms with E-state index in [9.17, 15) is 28.6 Å². The Morgan fingerprint density at radius 1 is 1.14 bits per heavy atom. The molecule has 1 aliphatic heterocycles. The summed E-state index contributed by atoms with van der Waals surface area (Å²) in [6, 6.07) is 8.94. The molecule has 0 aromatic heterocycles. The number of ether oxygens (including phenoxy) is 1. The maximum absolute atomic E-state index is 12.6. The minimum absolute atomic E-state index is 0.110. The molecule has 1 aliphatic rings. The summed E-state index contributed by atoms with van der Waals surface area (Å²) in [7, 11) is 0. The van der Waals surface area contributed by atoms with Crippen LogP contribution in [-0.4, -0.2) is 34.7 Å². The van der Waals surface area contributed by atoms with Crippen LogP contribution in [0, 0.1) is 0 Å². The summed E-state index contributed by atoms with van der Waals surface area (Å²) >= 11 is 0. The lowest BCUT2D eigenvalue weighted by molar-refractivity contribution is -0.143. The van der Waals surface area contributed by atoms with Crippen LogP contribution < -0.4 is 10.1 Å². The summed E-state index contributed by atoms with van der Waals surface area (Å²) in [5, 5.41) is 22.1. The van der Waals surface area contributed by atoms with Gasteiger partial charge in [-0.1, -0.05) is 42.5 Å². The summed E-state index contributed by atoms with van der Waals surface area (Å²) in [6.45, 7) is 0.451. The number of carboxylic acids is 1. The lowest BCUT2D eigenvalue weighted by atomic mass is 10.0. The van der Waals surface area contributed by atoms with Crippen molar-refractivity contribution in [3.63, 3.8) is 0 Å². The summed E-state index contributed by atoms with van der Waals surface area (Å²) in [5.74, 6) is -1.73. The number of para-hydroxylation sites is 1. The monoisotopic (exact) mass is 391 g/mol.